The largest absolute Gasteiger partial charge is 0.493 e. The van der Waals surface area contributed by atoms with Crippen LogP contribution < -0.4 is 10.1 Å². The molecule has 3 aromatic rings. The lowest BCUT2D eigenvalue weighted by molar-refractivity contribution is -0.148. The Morgan fingerprint density at radius 1 is 1.16 bits per heavy atom. The number of hydrogen-bond donors (Lipinski definition) is 2. The average molecular weight is 617 g/mol. The molecule has 0 radical (unpaired) electrons. The lowest BCUT2D eigenvalue weighted by atomic mass is 9.59. The van der Waals surface area contributed by atoms with Crippen LogP contribution in [0.1, 0.15) is 92.7 Å². The smallest absolute Gasteiger partial charge is 0.331 e. The van der Waals surface area contributed by atoms with Crippen molar-refractivity contribution < 1.29 is 19.4 Å². The Labute approximate surface area is 266 Å². The normalized spacial score (nSPS) is 26.5. The topological polar surface area (TPSA) is 80.7 Å². The molecule has 7 heteroatoms. The van der Waals surface area contributed by atoms with Gasteiger partial charge in [-0.2, -0.15) is 0 Å². The maximum Gasteiger partial charge on any atom is 0.331 e. The number of halogens is 1. The van der Waals surface area contributed by atoms with E-state index in [1.807, 2.05) is 36.5 Å². The van der Waals surface area contributed by atoms with Gasteiger partial charge in [0.2, 0.25) is 0 Å². The summed E-state index contributed by atoms with van der Waals surface area (Å²) in [6.07, 6.45) is 10.3. The van der Waals surface area contributed by atoms with Gasteiger partial charge >= 0.3 is 5.97 Å². The number of aromatic nitrogens is 1. The second-order valence-electron chi connectivity index (χ2n) is 13.5. The van der Waals surface area contributed by atoms with Crippen LogP contribution >= 0.6 is 11.6 Å². The van der Waals surface area contributed by atoms with Crippen LogP contribution in [0.3, 0.4) is 0 Å². The Hall–Kier alpha value is -3.09. The number of carbonyl (C=O) groups is 1. The van der Waals surface area contributed by atoms with Gasteiger partial charge in [-0.25, -0.2) is 4.79 Å². The molecule has 6 nitrogen and oxygen atoms in total. The Morgan fingerprint density at radius 2 is 1.98 bits per heavy atom. The van der Waals surface area contributed by atoms with Crippen molar-refractivity contribution in [3.05, 3.63) is 87.7 Å². The third-order valence-corrected chi connectivity index (χ3v) is 10.9. The van der Waals surface area contributed by atoms with Crippen molar-refractivity contribution in [2.45, 2.75) is 95.1 Å². The lowest BCUT2D eigenvalue weighted by Crippen LogP contribution is -2.53. The van der Waals surface area contributed by atoms with E-state index in [9.17, 15) is 9.90 Å². The number of ether oxygens (including phenoxy) is 2. The molecule has 1 spiro atoms. The molecule has 0 aliphatic heterocycles. The highest BCUT2D eigenvalue weighted by Gasteiger charge is 2.54. The standard InChI is InChI=1S/C37H45ClN2O4/c1-24(23-44-33-12-17-39-32-9-4-6-25(2)34(32)33)18-28-20-27-11-10-26(22-41)19-31(27)36(28)13-15-37(16-14-36,35(42)43-3)40-30-8-5-7-29(38)21-30/h5,7-8,10-12,17,19,21,24-25,28,40-41H,4,6,9,13-16,18,20,22-23H2,1-3H3/t24-,25-,28-,36?,37?/m1/s1. The number of fused-ring (bicyclic) bond motifs is 3. The fraction of sp³-hybridized carbons (Fsp3) is 0.514. The first-order chi connectivity index (χ1) is 21.3. The molecule has 1 aromatic heterocycles. The van der Waals surface area contributed by atoms with Gasteiger partial charge in [-0.15, -0.1) is 0 Å². The van der Waals surface area contributed by atoms with E-state index in [0.29, 0.717) is 42.2 Å². The molecule has 234 valence electrons. The molecule has 2 N–H and O–H groups in total. The number of anilines is 1. The monoisotopic (exact) mass is 616 g/mol. The third kappa shape index (κ3) is 5.83. The van der Waals surface area contributed by atoms with Crippen LogP contribution in [-0.4, -0.2) is 35.3 Å². The number of hydrogen-bond acceptors (Lipinski definition) is 6. The third-order valence-electron chi connectivity index (χ3n) is 10.7. The molecule has 3 aliphatic carbocycles. The molecule has 2 aromatic carbocycles. The minimum absolute atomic E-state index is 0.0232. The average Bonchev–Trinajstić information content (AvgIpc) is 3.32. The predicted molar refractivity (Wildman–Crippen MR) is 174 cm³/mol. The maximum absolute atomic E-state index is 13.4. The number of nitrogens with one attached hydrogen (secondary N) is 1. The molecule has 0 bridgehead atoms. The summed E-state index contributed by atoms with van der Waals surface area (Å²) >= 11 is 6.29. The van der Waals surface area contributed by atoms with Crippen molar-refractivity contribution in [2.24, 2.45) is 11.8 Å². The van der Waals surface area contributed by atoms with E-state index < -0.39 is 5.54 Å². The van der Waals surface area contributed by atoms with Crippen LogP contribution in [-0.2, 0) is 34.4 Å². The second-order valence-corrected chi connectivity index (χ2v) is 14.0. The highest BCUT2D eigenvalue weighted by Crippen LogP contribution is 2.56. The van der Waals surface area contributed by atoms with Crippen LogP contribution in [0.15, 0.2) is 54.7 Å². The number of methoxy groups -OCH3 is 1. The van der Waals surface area contributed by atoms with Gasteiger partial charge < -0.3 is 19.9 Å². The molecule has 0 unspecified atom stereocenters. The molecule has 0 saturated heterocycles. The molecule has 1 fully saturated rings. The molecule has 1 saturated carbocycles. The Morgan fingerprint density at radius 3 is 2.73 bits per heavy atom. The summed E-state index contributed by atoms with van der Waals surface area (Å²) in [5.74, 6) is 2.01. The molecular weight excluding hydrogens is 572 g/mol. The van der Waals surface area contributed by atoms with E-state index in [1.165, 1.54) is 42.3 Å². The number of nitrogens with zero attached hydrogens (tertiary/aromatic N) is 1. The van der Waals surface area contributed by atoms with Gasteiger partial charge in [0.25, 0.3) is 0 Å². The summed E-state index contributed by atoms with van der Waals surface area (Å²) in [5.41, 5.74) is 6.07. The van der Waals surface area contributed by atoms with Crippen molar-refractivity contribution in [3.63, 3.8) is 0 Å². The summed E-state index contributed by atoms with van der Waals surface area (Å²) in [5, 5.41) is 14.2. The first-order valence-corrected chi connectivity index (χ1v) is 16.6. The Balaban J connectivity index is 1.23. The van der Waals surface area contributed by atoms with Crippen molar-refractivity contribution in [1.82, 2.24) is 4.98 Å². The summed E-state index contributed by atoms with van der Waals surface area (Å²) in [6, 6.07) is 16.1. The molecule has 1 heterocycles. The number of benzene rings is 2. The fourth-order valence-corrected chi connectivity index (χ4v) is 8.62. The first kappa shape index (κ1) is 30.9. The van der Waals surface area contributed by atoms with E-state index in [-0.39, 0.29) is 18.0 Å². The molecule has 44 heavy (non-hydrogen) atoms. The van der Waals surface area contributed by atoms with E-state index in [4.69, 9.17) is 21.1 Å². The number of rotatable bonds is 9. The van der Waals surface area contributed by atoms with Gasteiger partial charge in [-0.1, -0.05) is 49.7 Å². The predicted octanol–water partition coefficient (Wildman–Crippen LogP) is 7.78. The van der Waals surface area contributed by atoms with E-state index in [0.717, 1.165) is 49.1 Å². The molecular formula is C37H45ClN2O4. The number of esters is 1. The zero-order valence-corrected chi connectivity index (χ0v) is 27.0. The minimum atomic E-state index is -0.821. The minimum Gasteiger partial charge on any atom is -0.493 e. The quantitative estimate of drug-likeness (QED) is 0.239. The van der Waals surface area contributed by atoms with Crippen molar-refractivity contribution >= 4 is 23.3 Å². The summed E-state index contributed by atoms with van der Waals surface area (Å²) in [7, 11) is 1.47. The zero-order chi connectivity index (χ0) is 30.9. The first-order valence-electron chi connectivity index (χ1n) is 16.2. The van der Waals surface area contributed by atoms with Gasteiger partial charge in [0.05, 0.1) is 20.3 Å². The summed E-state index contributed by atoms with van der Waals surface area (Å²) in [4.78, 5) is 18.0. The van der Waals surface area contributed by atoms with Crippen LogP contribution in [0, 0.1) is 11.8 Å². The second kappa shape index (κ2) is 12.7. The number of aliphatic hydroxyl groups excluding tert-OH is 1. The van der Waals surface area contributed by atoms with Crippen LogP contribution in [0.4, 0.5) is 5.69 Å². The van der Waals surface area contributed by atoms with E-state index >= 15 is 0 Å². The number of carbonyl (C=O) groups excluding carboxylic acids is 1. The number of pyridine rings is 1. The maximum atomic E-state index is 13.4. The highest BCUT2D eigenvalue weighted by atomic mass is 35.5. The summed E-state index contributed by atoms with van der Waals surface area (Å²) in [6.45, 7) is 5.27. The number of aliphatic hydroxyl groups is 1. The van der Waals surface area contributed by atoms with Crippen molar-refractivity contribution in [3.8, 4) is 5.75 Å². The highest BCUT2D eigenvalue weighted by molar-refractivity contribution is 6.30. The molecule has 3 atom stereocenters. The fourth-order valence-electron chi connectivity index (χ4n) is 8.43. The van der Waals surface area contributed by atoms with Crippen LogP contribution in [0.5, 0.6) is 5.75 Å². The SMILES string of the molecule is COC(=O)C1(Nc2cccc(Cl)c2)CCC2(CC1)c1cc(CO)ccc1C[C@H]2C[C@@H](C)COc1ccnc2c1[C@H](C)CCC2. The van der Waals surface area contributed by atoms with Gasteiger partial charge in [-0.3, -0.25) is 4.98 Å². The van der Waals surface area contributed by atoms with Gasteiger partial charge in [0.15, 0.2) is 0 Å². The van der Waals surface area contributed by atoms with Crippen LogP contribution in [0.25, 0.3) is 0 Å². The zero-order valence-electron chi connectivity index (χ0n) is 26.2. The van der Waals surface area contributed by atoms with Gasteiger partial charge in [0.1, 0.15) is 11.3 Å². The lowest BCUT2D eigenvalue weighted by Gasteiger charge is -2.48. The van der Waals surface area contributed by atoms with E-state index in [1.54, 1.807) is 0 Å². The Kier molecular flexibility index (Phi) is 8.94. The number of aryl methyl sites for hydroxylation is 1. The van der Waals surface area contributed by atoms with Gasteiger partial charge in [-0.05, 0) is 122 Å². The molecule has 0 amide bonds. The molecule has 6 rings (SSSR count). The van der Waals surface area contributed by atoms with Crippen LogP contribution in [0.2, 0.25) is 5.02 Å². The summed E-state index contributed by atoms with van der Waals surface area (Å²) < 4.78 is 11.9. The van der Waals surface area contributed by atoms with Crippen molar-refractivity contribution in [2.75, 3.05) is 19.0 Å². The van der Waals surface area contributed by atoms with Gasteiger partial charge in [0, 0.05) is 28.2 Å². The molecule has 3 aliphatic rings. The van der Waals surface area contributed by atoms with Crippen molar-refractivity contribution in [1.29, 1.82) is 0 Å². The Bertz CT molecular complexity index is 1500. The van der Waals surface area contributed by atoms with E-state index in [2.05, 4.69) is 42.3 Å².